The van der Waals surface area contributed by atoms with Gasteiger partial charge in [0, 0.05) is 0 Å². The number of phenols is 1. The Balaban J connectivity index is 2.36. The minimum Gasteiger partial charge on any atom is -0.503 e. The molecule has 7 heteroatoms. The first-order valence-electron chi connectivity index (χ1n) is 5.44. The highest BCUT2D eigenvalue weighted by Crippen LogP contribution is 2.37. The van der Waals surface area contributed by atoms with Gasteiger partial charge in [-0.15, -0.1) is 0 Å². The fourth-order valence-electron chi connectivity index (χ4n) is 1.52. The van der Waals surface area contributed by atoms with Gasteiger partial charge >= 0.3 is 0 Å². The third kappa shape index (κ3) is 3.02. The number of carbonyl (C=O) groups excluding carboxylic acids is 1. The second-order valence-corrected chi connectivity index (χ2v) is 5.12. The first kappa shape index (κ1) is 13.8. The molecular weight excluding hydrogens is 288 g/mol. The summed E-state index contributed by atoms with van der Waals surface area (Å²) < 4.78 is 5.26. The molecule has 5 nitrogen and oxygen atoms in total. The zero-order valence-electron chi connectivity index (χ0n) is 10.0. The van der Waals surface area contributed by atoms with Gasteiger partial charge in [-0.1, -0.05) is 11.6 Å². The molecule has 100 valence electrons. The molecule has 0 unspecified atom stereocenters. The van der Waals surface area contributed by atoms with E-state index in [2.05, 4.69) is 4.99 Å². The van der Waals surface area contributed by atoms with Crippen LogP contribution in [0.15, 0.2) is 22.0 Å². The van der Waals surface area contributed by atoms with Crippen LogP contribution in [-0.4, -0.2) is 22.8 Å². The van der Waals surface area contributed by atoms with Crippen molar-refractivity contribution in [2.24, 2.45) is 10.7 Å². The first-order chi connectivity index (χ1) is 9.01. The van der Waals surface area contributed by atoms with Gasteiger partial charge in [-0.3, -0.25) is 4.79 Å². The van der Waals surface area contributed by atoms with Crippen LogP contribution in [0.5, 0.6) is 11.5 Å². The van der Waals surface area contributed by atoms with Crippen LogP contribution in [0.4, 0.5) is 0 Å². The second kappa shape index (κ2) is 5.54. The molecule has 0 aliphatic carbocycles. The van der Waals surface area contributed by atoms with Crippen LogP contribution in [0, 0.1) is 0 Å². The second-order valence-electron chi connectivity index (χ2n) is 3.65. The maximum Gasteiger partial charge on any atom is 0.286 e. The van der Waals surface area contributed by atoms with Crippen LogP contribution >= 0.6 is 23.4 Å². The molecule has 1 aliphatic heterocycles. The van der Waals surface area contributed by atoms with Crippen molar-refractivity contribution in [1.82, 2.24) is 0 Å². The van der Waals surface area contributed by atoms with Crippen molar-refractivity contribution >= 4 is 40.5 Å². The van der Waals surface area contributed by atoms with Gasteiger partial charge in [0.25, 0.3) is 5.91 Å². The molecule has 1 heterocycles. The Morgan fingerprint density at radius 1 is 1.58 bits per heavy atom. The van der Waals surface area contributed by atoms with Crippen molar-refractivity contribution in [1.29, 1.82) is 0 Å². The van der Waals surface area contributed by atoms with Gasteiger partial charge in [0.2, 0.25) is 0 Å². The molecule has 0 saturated heterocycles. The highest BCUT2D eigenvalue weighted by atomic mass is 35.5. The molecule has 0 saturated carbocycles. The number of nitrogens with zero attached hydrogens (tertiary/aromatic N) is 1. The fraction of sp³-hybridized carbons (Fsp3) is 0.167. The fourth-order valence-corrected chi connectivity index (χ4v) is 2.42. The molecule has 0 fully saturated rings. The smallest absolute Gasteiger partial charge is 0.286 e. The molecule has 0 aromatic heterocycles. The normalized spacial score (nSPS) is 16.8. The summed E-state index contributed by atoms with van der Waals surface area (Å²) >= 11 is 6.99. The summed E-state index contributed by atoms with van der Waals surface area (Å²) in [5.41, 5.74) is 6.09. The summed E-state index contributed by atoms with van der Waals surface area (Å²) in [6, 6.07) is 3.13. The van der Waals surface area contributed by atoms with Gasteiger partial charge in [-0.05, 0) is 42.5 Å². The minimum atomic E-state index is -0.385. The van der Waals surface area contributed by atoms with Crippen molar-refractivity contribution in [2.45, 2.75) is 6.92 Å². The van der Waals surface area contributed by atoms with Crippen molar-refractivity contribution in [3.63, 3.8) is 0 Å². The first-order valence-corrected chi connectivity index (χ1v) is 6.64. The third-order valence-electron chi connectivity index (χ3n) is 2.29. The third-order valence-corrected chi connectivity index (χ3v) is 3.39. The lowest BCUT2D eigenvalue weighted by molar-refractivity contribution is -0.113. The summed E-state index contributed by atoms with van der Waals surface area (Å²) in [6.07, 6.45) is 1.60. The van der Waals surface area contributed by atoms with Gasteiger partial charge in [0.05, 0.1) is 16.5 Å². The number of hydrogen-bond donors (Lipinski definition) is 2. The summed E-state index contributed by atoms with van der Waals surface area (Å²) in [4.78, 5) is 15.5. The summed E-state index contributed by atoms with van der Waals surface area (Å²) in [5, 5.41) is 10.1. The monoisotopic (exact) mass is 298 g/mol. The zero-order chi connectivity index (χ0) is 14.0. The van der Waals surface area contributed by atoms with Crippen LogP contribution in [-0.2, 0) is 4.79 Å². The highest BCUT2D eigenvalue weighted by molar-refractivity contribution is 8.18. The van der Waals surface area contributed by atoms with E-state index in [0.29, 0.717) is 17.1 Å². The van der Waals surface area contributed by atoms with Crippen LogP contribution in [0.3, 0.4) is 0 Å². The Bertz CT molecular complexity index is 599. The molecule has 1 aromatic rings. The topological polar surface area (TPSA) is 84.9 Å². The SMILES string of the molecule is CCOc1cc(/C=C2/SC(N)=NC2=O)cc(Cl)c1O. The highest BCUT2D eigenvalue weighted by Gasteiger charge is 2.20. The largest absolute Gasteiger partial charge is 0.503 e. The lowest BCUT2D eigenvalue weighted by Gasteiger charge is -2.08. The van der Waals surface area contributed by atoms with E-state index in [9.17, 15) is 9.90 Å². The van der Waals surface area contributed by atoms with Crippen molar-refractivity contribution < 1.29 is 14.6 Å². The number of amidine groups is 1. The number of halogens is 1. The average molecular weight is 299 g/mol. The van der Waals surface area contributed by atoms with E-state index < -0.39 is 0 Å². The van der Waals surface area contributed by atoms with Crippen LogP contribution in [0.25, 0.3) is 6.08 Å². The van der Waals surface area contributed by atoms with E-state index in [1.165, 1.54) is 6.07 Å². The van der Waals surface area contributed by atoms with E-state index in [0.717, 1.165) is 11.8 Å². The molecule has 1 aromatic carbocycles. The molecule has 0 atom stereocenters. The Labute approximate surface area is 119 Å². The molecule has 1 aliphatic rings. The molecule has 0 spiro atoms. The number of benzene rings is 1. The standard InChI is InChI=1S/C12H11ClN2O3S/c1-2-18-8-4-6(3-7(13)10(8)16)5-9-11(17)15-12(14)19-9/h3-5,16H,2H2,1H3,(H2,14,15,17)/b9-5+. The number of phenolic OH excluding ortho intramolecular Hbond substituents is 1. The predicted octanol–water partition coefficient (Wildman–Crippen LogP) is 2.37. The lowest BCUT2D eigenvalue weighted by atomic mass is 10.2. The summed E-state index contributed by atoms with van der Waals surface area (Å²) in [6.45, 7) is 2.19. The number of hydrogen-bond acceptors (Lipinski definition) is 5. The van der Waals surface area contributed by atoms with Gasteiger partial charge < -0.3 is 15.6 Å². The van der Waals surface area contributed by atoms with E-state index in [-0.39, 0.29) is 27.6 Å². The van der Waals surface area contributed by atoms with Crippen molar-refractivity contribution in [2.75, 3.05) is 6.61 Å². The average Bonchev–Trinajstić information content (AvgIpc) is 2.64. The molecule has 1 amide bonds. The Hall–Kier alpha value is -1.66. The van der Waals surface area contributed by atoms with E-state index >= 15 is 0 Å². The molecule has 19 heavy (non-hydrogen) atoms. The maximum atomic E-state index is 11.5. The van der Waals surface area contributed by atoms with Gasteiger partial charge in [-0.25, -0.2) is 0 Å². The summed E-state index contributed by atoms with van der Waals surface area (Å²) in [7, 11) is 0. The van der Waals surface area contributed by atoms with E-state index in [1.807, 2.05) is 0 Å². The number of aliphatic imine (C=N–C) groups is 1. The number of carbonyl (C=O) groups is 1. The Morgan fingerprint density at radius 2 is 2.32 bits per heavy atom. The van der Waals surface area contributed by atoms with Gasteiger partial charge in [0.1, 0.15) is 0 Å². The minimum absolute atomic E-state index is 0.119. The van der Waals surface area contributed by atoms with Crippen LogP contribution in [0.2, 0.25) is 5.02 Å². The van der Waals surface area contributed by atoms with Gasteiger partial charge in [-0.2, -0.15) is 4.99 Å². The Kier molecular flexibility index (Phi) is 4.01. The number of rotatable bonds is 3. The van der Waals surface area contributed by atoms with Gasteiger partial charge in [0.15, 0.2) is 16.7 Å². The Morgan fingerprint density at radius 3 is 2.89 bits per heavy atom. The number of nitrogens with two attached hydrogens (primary N) is 1. The number of thioether (sulfide) groups is 1. The van der Waals surface area contributed by atoms with E-state index in [4.69, 9.17) is 22.1 Å². The number of aromatic hydroxyl groups is 1. The predicted molar refractivity (Wildman–Crippen MR) is 76.5 cm³/mol. The lowest BCUT2D eigenvalue weighted by Crippen LogP contribution is -2.01. The molecular formula is C12H11ClN2O3S. The molecule has 3 N–H and O–H groups in total. The summed E-state index contributed by atoms with van der Waals surface area (Å²) in [5.74, 6) is -0.234. The van der Waals surface area contributed by atoms with E-state index in [1.54, 1.807) is 19.1 Å². The maximum absolute atomic E-state index is 11.5. The molecule has 2 rings (SSSR count). The quantitative estimate of drug-likeness (QED) is 0.837. The molecule has 0 radical (unpaired) electrons. The number of amides is 1. The van der Waals surface area contributed by atoms with Crippen molar-refractivity contribution in [3.8, 4) is 11.5 Å². The van der Waals surface area contributed by atoms with Crippen LogP contribution in [0.1, 0.15) is 12.5 Å². The zero-order valence-corrected chi connectivity index (χ0v) is 11.6. The number of ether oxygens (including phenoxy) is 1. The van der Waals surface area contributed by atoms with Crippen molar-refractivity contribution in [3.05, 3.63) is 27.6 Å². The van der Waals surface area contributed by atoms with Crippen LogP contribution < -0.4 is 10.5 Å². The molecule has 0 bridgehead atoms.